The van der Waals surface area contributed by atoms with Gasteiger partial charge < -0.3 is 15.0 Å². The number of carbonyl (C=O) groups is 2. The molecule has 0 bridgehead atoms. The maximum Gasteiger partial charge on any atom is 0.312 e. The summed E-state index contributed by atoms with van der Waals surface area (Å²) in [7, 11) is 0. The van der Waals surface area contributed by atoms with Gasteiger partial charge in [-0.2, -0.15) is 0 Å². The zero-order valence-electron chi connectivity index (χ0n) is 16.5. The fourth-order valence-electron chi connectivity index (χ4n) is 4.62. The molecule has 0 aliphatic carbocycles. The van der Waals surface area contributed by atoms with E-state index in [1.807, 2.05) is 52.8 Å². The van der Waals surface area contributed by atoms with Crippen LogP contribution in [-0.4, -0.2) is 33.0 Å². The van der Waals surface area contributed by atoms with Gasteiger partial charge in [0.2, 0.25) is 5.91 Å². The third kappa shape index (κ3) is 3.13. The van der Waals surface area contributed by atoms with Crippen molar-refractivity contribution >= 4 is 17.6 Å². The Balaban J connectivity index is 2.21. The van der Waals surface area contributed by atoms with E-state index in [0.29, 0.717) is 5.82 Å². The van der Waals surface area contributed by atoms with Crippen LogP contribution < -0.4 is 4.90 Å². The molecular formula is C21H27N3O3. The molecule has 6 heteroatoms. The summed E-state index contributed by atoms with van der Waals surface area (Å²) in [5.41, 5.74) is 1.08. The first-order valence-electron chi connectivity index (χ1n) is 9.18. The van der Waals surface area contributed by atoms with E-state index in [2.05, 4.69) is 9.97 Å². The van der Waals surface area contributed by atoms with Crippen LogP contribution in [0, 0.1) is 24.7 Å². The Morgan fingerprint density at radius 2 is 1.96 bits per heavy atom. The van der Waals surface area contributed by atoms with Gasteiger partial charge in [-0.3, -0.25) is 9.59 Å². The summed E-state index contributed by atoms with van der Waals surface area (Å²) in [5, 5.41) is 10.3. The molecule has 0 spiro atoms. The summed E-state index contributed by atoms with van der Waals surface area (Å²) >= 11 is 0. The van der Waals surface area contributed by atoms with E-state index in [9.17, 15) is 14.7 Å². The second-order valence-electron chi connectivity index (χ2n) is 8.62. The quantitative estimate of drug-likeness (QED) is 0.864. The van der Waals surface area contributed by atoms with Gasteiger partial charge >= 0.3 is 5.97 Å². The number of hydrogen-bond acceptors (Lipinski definition) is 3. The average Bonchev–Trinajstić information content (AvgIpc) is 3.14. The number of hydrogen-bond donors (Lipinski definition) is 2. The predicted octanol–water partition coefficient (Wildman–Crippen LogP) is 3.49. The van der Waals surface area contributed by atoms with Crippen molar-refractivity contribution in [3.8, 4) is 0 Å². The molecule has 1 aliphatic heterocycles. The van der Waals surface area contributed by atoms with Crippen LogP contribution >= 0.6 is 0 Å². The molecule has 2 heterocycles. The largest absolute Gasteiger partial charge is 0.481 e. The van der Waals surface area contributed by atoms with Crippen LogP contribution in [0.25, 0.3) is 0 Å². The highest BCUT2D eigenvalue weighted by Gasteiger charge is 2.61. The Hall–Kier alpha value is -2.63. The van der Waals surface area contributed by atoms with E-state index in [1.54, 1.807) is 17.3 Å². The molecule has 2 unspecified atom stereocenters. The van der Waals surface area contributed by atoms with Crippen LogP contribution in [-0.2, 0) is 16.0 Å². The van der Waals surface area contributed by atoms with Crippen LogP contribution in [0.15, 0.2) is 30.6 Å². The second-order valence-corrected chi connectivity index (χ2v) is 8.62. The van der Waals surface area contributed by atoms with Gasteiger partial charge in [0.05, 0.1) is 6.04 Å². The molecule has 6 nitrogen and oxygen atoms in total. The number of nitrogens with zero attached hydrogens (tertiary/aromatic N) is 2. The number of benzene rings is 1. The summed E-state index contributed by atoms with van der Waals surface area (Å²) in [5.74, 6) is -0.523. The fourth-order valence-corrected chi connectivity index (χ4v) is 4.62. The number of aryl methyl sites for hydroxylation is 2. The number of aromatic nitrogens is 2. The molecule has 0 saturated carbocycles. The third-order valence-corrected chi connectivity index (χ3v) is 5.48. The molecule has 1 saturated heterocycles. The zero-order chi connectivity index (χ0) is 20.0. The minimum absolute atomic E-state index is 0.0429. The van der Waals surface area contributed by atoms with E-state index < -0.39 is 22.8 Å². The lowest BCUT2D eigenvalue weighted by Gasteiger charge is -2.43. The number of anilines is 1. The first-order valence-corrected chi connectivity index (χ1v) is 9.18. The van der Waals surface area contributed by atoms with Gasteiger partial charge in [0, 0.05) is 30.9 Å². The van der Waals surface area contributed by atoms with Gasteiger partial charge in [-0.1, -0.05) is 39.0 Å². The topological polar surface area (TPSA) is 86.3 Å². The lowest BCUT2D eigenvalue weighted by atomic mass is 9.67. The highest BCUT2D eigenvalue weighted by atomic mass is 16.4. The molecule has 1 amide bonds. The Kier molecular flexibility index (Phi) is 4.62. The molecule has 1 aliphatic rings. The number of carboxylic acid groups (broad SMARTS) is 1. The smallest absolute Gasteiger partial charge is 0.312 e. The van der Waals surface area contributed by atoms with Gasteiger partial charge in [-0.15, -0.1) is 0 Å². The summed E-state index contributed by atoms with van der Waals surface area (Å²) in [6.45, 7) is 9.91. The molecule has 0 radical (unpaired) electrons. The van der Waals surface area contributed by atoms with Crippen molar-refractivity contribution in [2.24, 2.45) is 10.8 Å². The molecule has 2 N–H and O–H groups in total. The number of aromatic amines is 1. The summed E-state index contributed by atoms with van der Waals surface area (Å²) in [4.78, 5) is 34.8. The third-order valence-electron chi connectivity index (χ3n) is 5.48. The lowest BCUT2D eigenvalue weighted by Crippen LogP contribution is -2.54. The normalized spacial score (nSPS) is 23.1. The van der Waals surface area contributed by atoms with Crippen molar-refractivity contribution in [2.75, 3.05) is 4.90 Å². The number of nitrogens with one attached hydrogen (secondary N) is 1. The number of rotatable bonds is 4. The van der Waals surface area contributed by atoms with Crippen LogP contribution in [0.2, 0.25) is 0 Å². The maximum absolute atomic E-state index is 13.2. The summed E-state index contributed by atoms with van der Waals surface area (Å²) in [6.07, 6.45) is 3.43. The van der Waals surface area contributed by atoms with Crippen LogP contribution in [0.5, 0.6) is 0 Å². The number of carbonyl (C=O) groups excluding carboxylic acids is 1. The molecule has 2 atom stereocenters. The van der Waals surface area contributed by atoms with Crippen molar-refractivity contribution in [3.05, 3.63) is 47.5 Å². The molecular weight excluding hydrogens is 342 g/mol. The lowest BCUT2D eigenvalue weighted by molar-refractivity contribution is -0.151. The van der Waals surface area contributed by atoms with Gasteiger partial charge in [-0.25, -0.2) is 4.98 Å². The van der Waals surface area contributed by atoms with E-state index in [1.165, 1.54) is 0 Å². The summed E-state index contributed by atoms with van der Waals surface area (Å²) in [6, 6.07) is 5.37. The fraction of sp³-hybridized carbons (Fsp3) is 0.476. The van der Waals surface area contributed by atoms with E-state index >= 15 is 0 Å². The molecule has 144 valence electrons. The van der Waals surface area contributed by atoms with E-state index in [4.69, 9.17) is 0 Å². The number of amides is 1. The van der Waals surface area contributed by atoms with Gasteiger partial charge in [0.15, 0.2) is 0 Å². The molecule has 1 aromatic carbocycles. The Bertz CT molecular complexity index is 847. The number of para-hydroxylation sites is 1. The minimum Gasteiger partial charge on any atom is -0.481 e. The number of aliphatic carboxylic acids is 1. The zero-order valence-corrected chi connectivity index (χ0v) is 16.5. The van der Waals surface area contributed by atoms with Gasteiger partial charge in [0.1, 0.15) is 11.2 Å². The van der Waals surface area contributed by atoms with Gasteiger partial charge in [0.25, 0.3) is 0 Å². The Morgan fingerprint density at radius 3 is 2.44 bits per heavy atom. The molecule has 3 rings (SSSR count). The van der Waals surface area contributed by atoms with Crippen molar-refractivity contribution < 1.29 is 14.7 Å². The first kappa shape index (κ1) is 19.1. The highest BCUT2D eigenvalue weighted by molar-refractivity contribution is 6.03. The average molecular weight is 369 g/mol. The van der Waals surface area contributed by atoms with Crippen LogP contribution in [0.3, 0.4) is 0 Å². The molecule has 1 aromatic heterocycles. The number of H-pyrrole nitrogens is 1. The van der Waals surface area contributed by atoms with Crippen LogP contribution in [0.1, 0.15) is 44.1 Å². The summed E-state index contributed by atoms with van der Waals surface area (Å²) < 4.78 is 0. The Labute approximate surface area is 159 Å². The van der Waals surface area contributed by atoms with Crippen molar-refractivity contribution in [2.45, 2.75) is 53.5 Å². The Morgan fingerprint density at radius 1 is 1.33 bits per heavy atom. The molecule has 27 heavy (non-hydrogen) atoms. The standard InChI is InChI=1S/C21H27N3O3/c1-13-7-6-8-14(2)17(13)24-16(25)12-21(19(26)27,18(24)20(3,4)5)11-15-22-9-10-23-15/h6-10,18H,11-12H2,1-5H3,(H,22,23)(H,26,27). The minimum atomic E-state index is -1.25. The van der Waals surface area contributed by atoms with Crippen molar-refractivity contribution in [1.82, 2.24) is 9.97 Å². The van der Waals surface area contributed by atoms with E-state index in [-0.39, 0.29) is 18.7 Å². The second kappa shape index (κ2) is 6.51. The maximum atomic E-state index is 13.2. The number of imidazole rings is 1. The van der Waals surface area contributed by atoms with Gasteiger partial charge in [-0.05, 0) is 30.4 Å². The number of carboxylic acids is 1. The molecule has 2 aromatic rings. The van der Waals surface area contributed by atoms with Crippen LogP contribution in [0.4, 0.5) is 5.69 Å². The van der Waals surface area contributed by atoms with Crippen molar-refractivity contribution in [1.29, 1.82) is 0 Å². The highest BCUT2D eigenvalue weighted by Crippen LogP contribution is 2.50. The monoisotopic (exact) mass is 369 g/mol. The first-order chi connectivity index (χ1) is 12.6. The molecule has 1 fully saturated rings. The predicted molar refractivity (Wildman–Crippen MR) is 104 cm³/mol. The SMILES string of the molecule is Cc1cccc(C)c1N1C(=O)CC(Cc2ncc[nH]2)(C(=O)O)C1C(C)(C)C. The van der Waals surface area contributed by atoms with E-state index in [0.717, 1.165) is 16.8 Å². The van der Waals surface area contributed by atoms with Crippen molar-refractivity contribution in [3.63, 3.8) is 0 Å².